The summed E-state index contributed by atoms with van der Waals surface area (Å²) >= 11 is 1.56. The van der Waals surface area contributed by atoms with Gasteiger partial charge in [-0.15, -0.1) is 11.8 Å². The average Bonchev–Trinajstić information content (AvgIpc) is 2.11. The standard InChI is InChI=1S/C11H16FNS/c1-8(2)14-11-9(6-7-13)4-3-5-10(11)12/h3-5,8H,6-7,13H2,1-2H3. The van der Waals surface area contributed by atoms with Crippen molar-refractivity contribution in [2.24, 2.45) is 5.73 Å². The van der Waals surface area contributed by atoms with Gasteiger partial charge in [-0.25, -0.2) is 4.39 Å². The first kappa shape index (κ1) is 11.5. The molecule has 0 unspecified atom stereocenters. The van der Waals surface area contributed by atoms with E-state index in [1.165, 1.54) is 6.07 Å². The van der Waals surface area contributed by atoms with Crippen LogP contribution in [0.5, 0.6) is 0 Å². The minimum Gasteiger partial charge on any atom is -0.330 e. The van der Waals surface area contributed by atoms with Crippen molar-refractivity contribution in [1.29, 1.82) is 0 Å². The first-order chi connectivity index (χ1) is 6.65. The molecule has 1 rings (SSSR count). The zero-order valence-corrected chi connectivity index (χ0v) is 9.40. The minimum atomic E-state index is -0.130. The van der Waals surface area contributed by atoms with Crippen molar-refractivity contribution >= 4 is 11.8 Å². The molecule has 0 aliphatic carbocycles. The molecule has 0 amide bonds. The van der Waals surface area contributed by atoms with Gasteiger partial charge < -0.3 is 5.73 Å². The van der Waals surface area contributed by atoms with Crippen molar-refractivity contribution in [3.8, 4) is 0 Å². The average molecular weight is 213 g/mol. The number of nitrogens with two attached hydrogens (primary N) is 1. The summed E-state index contributed by atoms with van der Waals surface area (Å²) in [6, 6.07) is 5.19. The first-order valence-corrected chi connectivity index (χ1v) is 5.67. The van der Waals surface area contributed by atoms with E-state index in [2.05, 4.69) is 13.8 Å². The molecular formula is C11H16FNS. The molecule has 3 heteroatoms. The Morgan fingerprint density at radius 1 is 1.43 bits per heavy atom. The van der Waals surface area contributed by atoms with Crippen molar-refractivity contribution in [2.45, 2.75) is 30.4 Å². The zero-order valence-electron chi connectivity index (χ0n) is 8.59. The fraction of sp³-hybridized carbons (Fsp3) is 0.455. The van der Waals surface area contributed by atoms with Gasteiger partial charge >= 0.3 is 0 Å². The molecular weight excluding hydrogens is 197 g/mol. The summed E-state index contributed by atoms with van der Waals surface area (Å²) < 4.78 is 13.5. The summed E-state index contributed by atoms with van der Waals surface area (Å²) in [6.45, 7) is 4.68. The molecule has 2 N–H and O–H groups in total. The summed E-state index contributed by atoms with van der Waals surface area (Å²) in [5.41, 5.74) is 6.50. The smallest absolute Gasteiger partial charge is 0.137 e. The number of hydrogen-bond acceptors (Lipinski definition) is 2. The molecule has 0 heterocycles. The Morgan fingerprint density at radius 2 is 2.14 bits per heavy atom. The number of hydrogen-bond donors (Lipinski definition) is 1. The number of benzene rings is 1. The van der Waals surface area contributed by atoms with E-state index in [1.54, 1.807) is 17.8 Å². The highest BCUT2D eigenvalue weighted by Gasteiger charge is 2.09. The SMILES string of the molecule is CC(C)Sc1c(F)cccc1CCN. The van der Waals surface area contributed by atoms with Crippen molar-refractivity contribution in [2.75, 3.05) is 6.54 Å². The van der Waals surface area contributed by atoms with E-state index >= 15 is 0 Å². The Bertz CT molecular complexity index is 299. The minimum absolute atomic E-state index is 0.130. The molecule has 1 nitrogen and oxygen atoms in total. The Kier molecular flexibility index (Phi) is 4.42. The van der Waals surface area contributed by atoms with Crippen LogP contribution in [0, 0.1) is 5.82 Å². The van der Waals surface area contributed by atoms with Gasteiger partial charge in [0.25, 0.3) is 0 Å². The zero-order chi connectivity index (χ0) is 10.6. The van der Waals surface area contributed by atoms with Crippen LogP contribution in [0.2, 0.25) is 0 Å². The molecule has 0 radical (unpaired) electrons. The summed E-state index contributed by atoms with van der Waals surface area (Å²) in [4.78, 5) is 0.757. The molecule has 0 atom stereocenters. The maximum Gasteiger partial charge on any atom is 0.137 e. The summed E-state index contributed by atoms with van der Waals surface area (Å²) in [7, 11) is 0. The van der Waals surface area contributed by atoms with E-state index in [-0.39, 0.29) is 5.82 Å². The fourth-order valence-corrected chi connectivity index (χ4v) is 2.25. The van der Waals surface area contributed by atoms with E-state index in [0.29, 0.717) is 11.8 Å². The largest absolute Gasteiger partial charge is 0.330 e. The second kappa shape index (κ2) is 5.37. The third-order valence-electron chi connectivity index (χ3n) is 1.82. The number of thioether (sulfide) groups is 1. The molecule has 14 heavy (non-hydrogen) atoms. The van der Waals surface area contributed by atoms with Crippen LogP contribution in [0.15, 0.2) is 23.1 Å². The molecule has 0 spiro atoms. The van der Waals surface area contributed by atoms with Crippen LogP contribution in [-0.2, 0) is 6.42 Å². The van der Waals surface area contributed by atoms with Crippen molar-refractivity contribution in [3.63, 3.8) is 0 Å². The van der Waals surface area contributed by atoms with E-state index in [9.17, 15) is 4.39 Å². The van der Waals surface area contributed by atoms with Gasteiger partial charge in [-0.3, -0.25) is 0 Å². The maximum atomic E-state index is 13.5. The monoisotopic (exact) mass is 213 g/mol. The van der Waals surface area contributed by atoms with Crippen LogP contribution in [0.3, 0.4) is 0 Å². The van der Waals surface area contributed by atoms with Crippen LogP contribution in [0.4, 0.5) is 4.39 Å². The van der Waals surface area contributed by atoms with Gasteiger partial charge in [-0.1, -0.05) is 26.0 Å². The van der Waals surface area contributed by atoms with E-state index in [4.69, 9.17) is 5.73 Å². The third kappa shape index (κ3) is 3.00. The number of rotatable bonds is 4. The van der Waals surface area contributed by atoms with Crippen LogP contribution in [-0.4, -0.2) is 11.8 Å². The molecule has 0 aliphatic rings. The lowest BCUT2D eigenvalue weighted by Gasteiger charge is -2.11. The predicted octanol–water partition coefficient (Wildman–Crippen LogP) is 2.83. The molecule has 0 saturated heterocycles. The topological polar surface area (TPSA) is 26.0 Å². The lowest BCUT2D eigenvalue weighted by Crippen LogP contribution is -2.05. The number of halogens is 1. The van der Waals surface area contributed by atoms with Gasteiger partial charge in [0.1, 0.15) is 5.82 Å². The third-order valence-corrected chi connectivity index (χ3v) is 2.98. The van der Waals surface area contributed by atoms with Crippen LogP contribution in [0.25, 0.3) is 0 Å². The van der Waals surface area contributed by atoms with Gasteiger partial charge in [0.2, 0.25) is 0 Å². The molecule has 78 valence electrons. The van der Waals surface area contributed by atoms with E-state index in [0.717, 1.165) is 16.9 Å². The van der Waals surface area contributed by atoms with Crippen LogP contribution >= 0.6 is 11.8 Å². The molecule has 0 aromatic heterocycles. The fourth-order valence-electron chi connectivity index (χ4n) is 1.27. The Labute approximate surface area is 88.9 Å². The first-order valence-electron chi connectivity index (χ1n) is 4.79. The highest BCUT2D eigenvalue weighted by molar-refractivity contribution is 8.00. The molecule has 0 aliphatic heterocycles. The molecule has 0 bridgehead atoms. The maximum absolute atomic E-state index is 13.5. The quantitative estimate of drug-likeness (QED) is 0.778. The van der Waals surface area contributed by atoms with Gasteiger partial charge in [0.05, 0.1) is 0 Å². The van der Waals surface area contributed by atoms with Crippen molar-refractivity contribution in [3.05, 3.63) is 29.6 Å². The van der Waals surface area contributed by atoms with Crippen molar-refractivity contribution < 1.29 is 4.39 Å². The molecule has 0 saturated carbocycles. The summed E-state index contributed by atoms with van der Waals surface area (Å²) in [5.74, 6) is -0.130. The van der Waals surface area contributed by atoms with Crippen LogP contribution in [0.1, 0.15) is 19.4 Å². The lowest BCUT2D eigenvalue weighted by atomic mass is 10.1. The van der Waals surface area contributed by atoms with Crippen LogP contribution < -0.4 is 5.73 Å². The second-order valence-electron chi connectivity index (χ2n) is 3.43. The Balaban J connectivity index is 2.96. The molecule has 1 aromatic carbocycles. The lowest BCUT2D eigenvalue weighted by molar-refractivity contribution is 0.596. The van der Waals surface area contributed by atoms with Crippen molar-refractivity contribution in [1.82, 2.24) is 0 Å². The van der Waals surface area contributed by atoms with E-state index < -0.39 is 0 Å². The van der Waals surface area contributed by atoms with E-state index in [1.807, 2.05) is 6.07 Å². The highest BCUT2D eigenvalue weighted by atomic mass is 32.2. The molecule has 0 fully saturated rings. The Hall–Kier alpha value is -0.540. The second-order valence-corrected chi connectivity index (χ2v) is 5.02. The van der Waals surface area contributed by atoms with Gasteiger partial charge in [-0.05, 0) is 24.6 Å². The molecule has 1 aromatic rings. The van der Waals surface area contributed by atoms with Gasteiger partial charge in [0, 0.05) is 10.1 Å². The summed E-state index contributed by atoms with van der Waals surface area (Å²) in [5, 5.41) is 0.392. The van der Waals surface area contributed by atoms with Gasteiger partial charge in [0.15, 0.2) is 0 Å². The van der Waals surface area contributed by atoms with Gasteiger partial charge in [-0.2, -0.15) is 0 Å². The predicted molar refractivity (Wildman–Crippen MR) is 60.2 cm³/mol. The highest BCUT2D eigenvalue weighted by Crippen LogP contribution is 2.29. The normalized spacial score (nSPS) is 10.9. The Morgan fingerprint density at radius 3 is 2.71 bits per heavy atom. The summed E-state index contributed by atoms with van der Waals surface area (Å²) in [6.07, 6.45) is 0.743.